The van der Waals surface area contributed by atoms with Crippen molar-refractivity contribution < 1.29 is 4.79 Å². The Morgan fingerprint density at radius 1 is 1.39 bits per heavy atom. The second-order valence-corrected chi connectivity index (χ2v) is 4.96. The Hall–Kier alpha value is -1.51. The van der Waals surface area contributed by atoms with E-state index in [1.165, 1.54) is 12.8 Å². The van der Waals surface area contributed by atoms with Crippen molar-refractivity contribution in [3.63, 3.8) is 0 Å². The van der Waals surface area contributed by atoms with Gasteiger partial charge in [0.25, 0.3) is 5.91 Å². The lowest BCUT2D eigenvalue weighted by Crippen LogP contribution is -2.32. The van der Waals surface area contributed by atoms with Crippen molar-refractivity contribution in [3.05, 3.63) is 29.3 Å². The molecule has 3 nitrogen and oxygen atoms in total. The molecule has 1 aromatic carbocycles. The van der Waals surface area contributed by atoms with E-state index < -0.39 is 0 Å². The Labute approximate surface area is 110 Å². The number of nitrogens with two attached hydrogens (primary N) is 1. The monoisotopic (exact) mass is 248 g/mol. The van der Waals surface area contributed by atoms with Gasteiger partial charge in [0.2, 0.25) is 0 Å². The number of unbranched alkanes of at least 4 members (excludes halogenated alkanes) is 2. The Morgan fingerprint density at radius 3 is 2.72 bits per heavy atom. The standard InChI is InChI=1S/C15H24N2O/c1-4-5-6-7-12(3)17-15(18)13-9-8-11(2)10-14(13)16/h8-10,12H,4-7,16H2,1-3H3,(H,17,18). The zero-order valence-electron chi connectivity index (χ0n) is 11.6. The van der Waals surface area contributed by atoms with Gasteiger partial charge in [-0.1, -0.05) is 32.3 Å². The Bertz CT molecular complexity index is 401. The van der Waals surface area contributed by atoms with Crippen LogP contribution >= 0.6 is 0 Å². The van der Waals surface area contributed by atoms with Gasteiger partial charge in [-0.15, -0.1) is 0 Å². The summed E-state index contributed by atoms with van der Waals surface area (Å²) in [6, 6.07) is 5.73. The summed E-state index contributed by atoms with van der Waals surface area (Å²) < 4.78 is 0. The number of rotatable bonds is 6. The molecule has 0 aliphatic heterocycles. The SMILES string of the molecule is CCCCCC(C)NC(=O)c1ccc(C)cc1N. The molecule has 0 aliphatic rings. The number of carbonyl (C=O) groups is 1. The van der Waals surface area contributed by atoms with Crippen LogP contribution in [0.25, 0.3) is 0 Å². The summed E-state index contributed by atoms with van der Waals surface area (Å²) in [6.07, 6.45) is 4.59. The smallest absolute Gasteiger partial charge is 0.253 e. The van der Waals surface area contributed by atoms with Crippen LogP contribution in [0.1, 0.15) is 55.5 Å². The fourth-order valence-corrected chi connectivity index (χ4v) is 1.96. The van der Waals surface area contributed by atoms with Crippen LogP contribution in [-0.4, -0.2) is 11.9 Å². The van der Waals surface area contributed by atoms with Crippen molar-refractivity contribution in [2.45, 2.75) is 52.5 Å². The molecule has 0 saturated carbocycles. The molecule has 1 aromatic rings. The highest BCUT2D eigenvalue weighted by Crippen LogP contribution is 2.14. The molecular formula is C15H24N2O. The fraction of sp³-hybridized carbons (Fsp3) is 0.533. The predicted molar refractivity (Wildman–Crippen MR) is 76.7 cm³/mol. The average Bonchev–Trinajstić information content (AvgIpc) is 2.28. The van der Waals surface area contributed by atoms with Gasteiger partial charge in [-0.3, -0.25) is 4.79 Å². The lowest BCUT2D eigenvalue weighted by Gasteiger charge is -2.14. The zero-order chi connectivity index (χ0) is 13.5. The third-order valence-corrected chi connectivity index (χ3v) is 3.07. The first-order chi connectivity index (χ1) is 8.54. The summed E-state index contributed by atoms with van der Waals surface area (Å²) in [5, 5.41) is 3.00. The molecule has 1 atom stereocenters. The summed E-state index contributed by atoms with van der Waals surface area (Å²) in [6.45, 7) is 6.18. The van der Waals surface area contributed by atoms with E-state index in [4.69, 9.17) is 5.73 Å². The first-order valence-corrected chi connectivity index (χ1v) is 6.71. The van der Waals surface area contributed by atoms with E-state index in [-0.39, 0.29) is 11.9 Å². The van der Waals surface area contributed by atoms with E-state index >= 15 is 0 Å². The molecule has 1 amide bonds. The first kappa shape index (κ1) is 14.6. The maximum absolute atomic E-state index is 12.0. The van der Waals surface area contributed by atoms with Gasteiger partial charge in [0.1, 0.15) is 0 Å². The maximum Gasteiger partial charge on any atom is 0.253 e. The molecule has 1 rings (SSSR count). The molecule has 18 heavy (non-hydrogen) atoms. The molecule has 0 aliphatic carbocycles. The van der Waals surface area contributed by atoms with Gasteiger partial charge in [0, 0.05) is 11.7 Å². The van der Waals surface area contributed by atoms with Crippen molar-refractivity contribution in [3.8, 4) is 0 Å². The fourth-order valence-electron chi connectivity index (χ4n) is 1.96. The summed E-state index contributed by atoms with van der Waals surface area (Å²) in [7, 11) is 0. The van der Waals surface area contributed by atoms with Crippen molar-refractivity contribution >= 4 is 11.6 Å². The molecule has 0 saturated heterocycles. The lowest BCUT2D eigenvalue weighted by atomic mass is 10.1. The van der Waals surface area contributed by atoms with Gasteiger partial charge in [-0.05, 0) is 38.0 Å². The molecule has 100 valence electrons. The van der Waals surface area contributed by atoms with Crippen molar-refractivity contribution in [1.29, 1.82) is 0 Å². The molecule has 0 spiro atoms. The number of benzene rings is 1. The predicted octanol–water partition coefficient (Wildman–Crippen LogP) is 3.28. The molecule has 0 heterocycles. The van der Waals surface area contributed by atoms with E-state index in [2.05, 4.69) is 12.2 Å². The highest BCUT2D eigenvalue weighted by atomic mass is 16.1. The lowest BCUT2D eigenvalue weighted by molar-refractivity contribution is 0.0939. The Balaban J connectivity index is 2.54. The number of hydrogen-bond donors (Lipinski definition) is 2. The number of hydrogen-bond acceptors (Lipinski definition) is 2. The third-order valence-electron chi connectivity index (χ3n) is 3.07. The van der Waals surface area contributed by atoms with Crippen LogP contribution in [0.4, 0.5) is 5.69 Å². The molecule has 0 fully saturated rings. The Kier molecular flexibility index (Phi) is 5.69. The van der Waals surface area contributed by atoms with Crippen molar-refractivity contribution in [1.82, 2.24) is 5.32 Å². The van der Waals surface area contributed by atoms with Gasteiger partial charge in [0.15, 0.2) is 0 Å². The summed E-state index contributed by atoms with van der Waals surface area (Å²) in [5.41, 5.74) is 8.05. The second-order valence-electron chi connectivity index (χ2n) is 4.96. The molecule has 0 aromatic heterocycles. The first-order valence-electron chi connectivity index (χ1n) is 6.71. The van der Waals surface area contributed by atoms with Crippen LogP contribution < -0.4 is 11.1 Å². The topological polar surface area (TPSA) is 55.1 Å². The number of nitrogen functional groups attached to an aromatic ring is 1. The number of amides is 1. The molecule has 0 bridgehead atoms. The summed E-state index contributed by atoms with van der Waals surface area (Å²) in [5.74, 6) is -0.0727. The average molecular weight is 248 g/mol. The van der Waals surface area contributed by atoms with Crippen LogP contribution in [0.5, 0.6) is 0 Å². The van der Waals surface area contributed by atoms with Gasteiger partial charge >= 0.3 is 0 Å². The van der Waals surface area contributed by atoms with Crippen LogP contribution in [0.2, 0.25) is 0 Å². The van der Waals surface area contributed by atoms with Gasteiger partial charge in [0.05, 0.1) is 5.56 Å². The Morgan fingerprint density at radius 2 is 2.11 bits per heavy atom. The summed E-state index contributed by atoms with van der Waals surface area (Å²) >= 11 is 0. The summed E-state index contributed by atoms with van der Waals surface area (Å²) in [4.78, 5) is 12.0. The zero-order valence-corrected chi connectivity index (χ0v) is 11.6. The number of aryl methyl sites for hydroxylation is 1. The molecule has 0 radical (unpaired) electrons. The van der Waals surface area contributed by atoms with Crippen LogP contribution in [0.3, 0.4) is 0 Å². The van der Waals surface area contributed by atoms with Crippen molar-refractivity contribution in [2.75, 3.05) is 5.73 Å². The molecule has 3 N–H and O–H groups in total. The van der Waals surface area contributed by atoms with Crippen molar-refractivity contribution in [2.24, 2.45) is 0 Å². The van der Waals surface area contributed by atoms with Crippen LogP contribution in [0, 0.1) is 6.92 Å². The molecule has 1 unspecified atom stereocenters. The van der Waals surface area contributed by atoms with E-state index in [1.54, 1.807) is 6.07 Å². The molecule has 3 heteroatoms. The van der Waals surface area contributed by atoms with Crippen LogP contribution in [0.15, 0.2) is 18.2 Å². The van der Waals surface area contributed by atoms with Gasteiger partial charge in [-0.25, -0.2) is 0 Å². The highest BCUT2D eigenvalue weighted by Gasteiger charge is 2.12. The molecular weight excluding hydrogens is 224 g/mol. The highest BCUT2D eigenvalue weighted by molar-refractivity contribution is 5.99. The van der Waals surface area contributed by atoms with Gasteiger partial charge in [-0.2, -0.15) is 0 Å². The quantitative estimate of drug-likeness (QED) is 0.599. The van der Waals surface area contributed by atoms with E-state index in [0.29, 0.717) is 11.3 Å². The second kappa shape index (κ2) is 7.04. The number of nitrogens with one attached hydrogen (secondary N) is 1. The largest absolute Gasteiger partial charge is 0.398 e. The van der Waals surface area contributed by atoms with E-state index in [9.17, 15) is 4.79 Å². The third kappa shape index (κ3) is 4.40. The number of carbonyl (C=O) groups excluding carboxylic acids is 1. The maximum atomic E-state index is 12.0. The number of anilines is 1. The normalized spacial score (nSPS) is 12.2. The minimum absolute atomic E-state index is 0.0727. The van der Waals surface area contributed by atoms with E-state index in [0.717, 1.165) is 18.4 Å². The van der Waals surface area contributed by atoms with E-state index in [1.807, 2.05) is 26.0 Å². The minimum Gasteiger partial charge on any atom is -0.398 e. The minimum atomic E-state index is -0.0727. The van der Waals surface area contributed by atoms with Crippen LogP contribution in [-0.2, 0) is 0 Å². The van der Waals surface area contributed by atoms with Gasteiger partial charge < -0.3 is 11.1 Å².